The number of benzene rings is 2. The van der Waals surface area contributed by atoms with Gasteiger partial charge in [-0.1, -0.05) is 18.2 Å². The first-order valence-corrected chi connectivity index (χ1v) is 10.8. The van der Waals surface area contributed by atoms with Gasteiger partial charge in [0.2, 0.25) is 0 Å². The van der Waals surface area contributed by atoms with Crippen molar-refractivity contribution in [1.29, 1.82) is 0 Å². The van der Waals surface area contributed by atoms with Crippen molar-refractivity contribution < 1.29 is 19.1 Å². The Labute approximate surface area is 185 Å². The summed E-state index contributed by atoms with van der Waals surface area (Å²) >= 11 is 2.24. The molecule has 0 aromatic heterocycles. The Bertz CT molecular complexity index is 880. The van der Waals surface area contributed by atoms with E-state index in [0.29, 0.717) is 25.1 Å². The van der Waals surface area contributed by atoms with Crippen molar-refractivity contribution in [2.75, 3.05) is 6.54 Å². The van der Waals surface area contributed by atoms with Crippen LogP contribution in [0.1, 0.15) is 49.5 Å². The van der Waals surface area contributed by atoms with Gasteiger partial charge in [0, 0.05) is 9.13 Å². The van der Waals surface area contributed by atoms with Crippen LogP contribution in [-0.4, -0.2) is 29.4 Å². The third-order valence-electron chi connectivity index (χ3n) is 4.70. The van der Waals surface area contributed by atoms with Crippen LogP contribution in [0.25, 0.3) is 0 Å². The number of rotatable bonds is 6. The van der Waals surface area contributed by atoms with Gasteiger partial charge in [0.1, 0.15) is 18.0 Å². The van der Waals surface area contributed by atoms with E-state index in [4.69, 9.17) is 9.47 Å². The Hall–Kier alpha value is -1.93. The predicted octanol–water partition coefficient (Wildman–Crippen LogP) is 4.52. The number of esters is 1. The van der Waals surface area contributed by atoms with Gasteiger partial charge in [-0.25, -0.2) is 4.79 Å². The van der Waals surface area contributed by atoms with Crippen molar-refractivity contribution in [1.82, 2.24) is 5.32 Å². The Morgan fingerprint density at radius 3 is 2.48 bits per heavy atom. The molecule has 0 saturated carbocycles. The molecule has 0 radical (unpaired) electrons. The van der Waals surface area contributed by atoms with Gasteiger partial charge in [-0.3, -0.25) is 10.1 Å². The van der Waals surface area contributed by atoms with E-state index in [1.54, 1.807) is 32.9 Å². The molecule has 1 atom stereocenters. The summed E-state index contributed by atoms with van der Waals surface area (Å²) in [6.45, 7) is 6.37. The zero-order valence-electron chi connectivity index (χ0n) is 17.0. The van der Waals surface area contributed by atoms with Gasteiger partial charge < -0.3 is 9.47 Å². The lowest BCUT2D eigenvalue weighted by molar-refractivity contribution is -0.160. The highest BCUT2D eigenvalue weighted by atomic mass is 127. The highest BCUT2D eigenvalue weighted by Crippen LogP contribution is 2.28. The number of Topliss-reactive ketones (excluding diaryl/α,β-unsaturated/α-hetero) is 1. The second-order valence-corrected chi connectivity index (χ2v) is 9.46. The SMILES string of the molecule is CC(C)(C)OC(=O)[C@]1(C(=O)c2cccc(COc3ccc(I)cc3)c2)CCCN1. The standard InChI is InChI=1S/C23H26INO4/c1-22(2,3)29-21(27)23(12-5-13-25-23)20(26)17-7-4-6-16(14-17)15-28-19-10-8-18(24)9-11-19/h4,6-11,14,25H,5,12-13,15H2,1-3H3/t23-/m1/s1. The van der Waals surface area contributed by atoms with Crippen molar-refractivity contribution in [2.45, 2.75) is 51.4 Å². The molecule has 1 N–H and O–H groups in total. The highest BCUT2D eigenvalue weighted by Gasteiger charge is 2.50. The summed E-state index contributed by atoms with van der Waals surface area (Å²) < 4.78 is 12.5. The van der Waals surface area contributed by atoms with Crippen LogP contribution >= 0.6 is 22.6 Å². The van der Waals surface area contributed by atoms with Crippen LogP contribution < -0.4 is 10.1 Å². The first-order valence-electron chi connectivity index (χ1n) is 9.70. The Balaban J connectivity index is 1.78. The second-order valence-electron chi connectivity index (χ2n) is 8.21. The number of carbonyl (C=O) groups excluding carboxylic acids is 2. The Morgan fingerprint density at radius 1 is 1.14 bits per heavy atom. The minimum atomic E-state index is -1.32. The molecule has 154 valence electrons. The summed E-state index contributed by atoms with van der Waals surface area (Å²) in [5, 5.41) is 3.12. The molecule has 2 aromatic carbocycles. The molecule has 1 aliphatic rings. The molecule has 3 rings (SSSR count). The van der Waals surface area contributed by atoms with E-state index < -0.39 is 17.1 Å². The van der Waals surface area contributed by atoms with Crippen molar-refractivity contribution in [3.05, 3.63) is 63.2 Å². The van der Waals surface area contributed by atoms with Gasteiger partial charge in [0.25, 0.3) is 0 Å². The minimum absolute atomic E-state index is 0.250. The topological polar surface area (TPSA) is 64.6 Å². The summed E-state index contributed by atoms with van der Waals surface area (Å²) in [5.41, 5.74) is -0.624. The summed E-state index contributed by atoms with van der Waals surface area (Å²) in [4.78, 5) is 26.2. The fraction of sp³-hybridized carbons (Fsp3) is 0.391. The maximum atomic E-state index is 13.4. The van der Waals surface area contributed by atoms with Gasteiger partial charge in [-0.05, 0) is 98.6 Å². The maximum absolute atomic E-state index is 13.4. The van der Waals surface area contributed by atoms with Crippen LogP contribution in [0.15, 0.2) is 48.5 Å². The first kappa shape index (κ1) is 21.8. The highest BCUT2D eigenvalue weighted by molar-refractivity contribution is 14.1. The molecule has 0 aliphatic carbocycles. The predicted molar refractivity (Wildman–Crippen MR) is 120 cm³/mol. The molecule has 5 nitrogen and oxygen atoms in total. The largest absolute Gasteiger partial charge is 0.489 e. The molecular weight excluding hydrogens is 481 g/mol. The van der Waals surface area contributed by atoms with E-state index in [1.165, 1.54) is 0 Å². The fourth-order valence-corrected chi connectivity index (χ4v) is 3.68. The zero-order chi connectivity index (χ0) is 21.1. The minimum Gasteiger partial charge on any atom is -0.489 e. The van der Waals surface area contributed by atoms with Crippen LogP contribution in [0.3, 0.4) is 0 Å². The second kappa shape index (κ2) is 8.83. The van der Waals surface area contributed by atoms with Crippen molar-refractivity contribution in [3.8, 4) is 5.75 Å². The number of halogens is 1. The zero-order valence-corrected chi connectivity index (χ0v) is 19.1. The number of ketones is 1. The molecule has 0 unspecified atom stereocenters. The lowest BCUT2D eigenvalue weighted by atomic mass is 9.87. The van der Waals surface area contributed by atoms with Crippen molar-refractivity contribution in [2.24, 2.45) is 0 Å². The maximum Gasteiger partial charge on any atom is 0.335 e. The summed E-state index contributed by atoms with van der Waals surface area (Å²) in [5.74, 6) is 0.0123. The Kier molecular flexibility index (Phi) is 6.63. The normalized spacial score (nSPS) is 19.0. The van der Waals surface area contributed by atoms with E-state index in [2.05, 4.69) is 27.9 Å². The van der Waals surface area contributed by atoms with Gasteiger partial charge in [0.15, 0.2) is 11.3 Å². The smallest absolute Gasteiger partial charge is 0.335 e. The molecule has 0 amide bonds. The molecule has 6 heteroatoms. The number of hydrogen-bond acceptors (Lipinski definition) is 5. The van der Waals surface area contributed by atoms with Crippen molar-refractivity contribution >= 4 is 34.3 Å². The molecule has 1 fully saturated rings. The monoisotopic (exact) mass is 507 g/mol. The third-order valence-corrected chi connectivity index (χ3v) is 5.42. The van der Waals surface area contributed by atoms with Gasteiger partial charge >= 0.3 is 5.97 Å². The van der Waals surface area contributed by atoms with Crippen molar-refractivity contribution in [3.63, 3.8) is 0 Å². The average molecular weight is 507 g/mol. The summed E-state index contributed by atoms with van der Waals surface area (Å²) in [6, 6.07) is 15.0. The van der Waals surface area contributed by atoms with Gasteiger partial charge in [-0.15, -0.1) is 0 Å². The molecule has 0 bridgehead atoms. The van der Waals surface area contributed by atoms with Gasteiger partial charge in [0.05, 0.1) is 0 Å². The lowest BCUT2D eigenvalue weighted by Crippen LogP contribution is -2.56. The molecule has 2 aromatic rings. The number of carbonyl (C=O) groups is 2. The van der Waals surface area contributed by atoms with Gasteiger partial charge in [-0.2, -0.15) is 0 Å². The van der Waals surface area contributed by atoms with Crippen LogP contribution in [0, 0.1) is 3.57 Å². The third kappa shape index (κ3) is 5.36. The summed E-state index contributed by atoms with van der Waals surface area (Å²) in [6.07, 6.45) is 1.19. The first-order chi connectivity index (χ1) is 13.7. The number of ether oxygens (including phenoxy) is 2. The molecule has 1 aliphatic heterocycles. The molecule has 29 heavy (non-hydrogen) atoms. The van der Waals surface area contributed by atoms with E-state index in [-0.39, 0.29) is 5.78 Å². The van der Waals surface area contributed by atoms with E-state index >= 15 is 0 Å². The summed E-state index contributed by atoms with van der Waals surface area (Å²) in [7, 11) is 0. The molecular formula is C23H26INO4. The molecule has 1 heterocycles. The molecule has 0 spiro atoms. The van der Waals surface area contributed by atoms with E-state index in [9.17, 15) is 9.59 Å². The fourth-order valence-electron chi connectivity index (χ4n) is 3.32. The lowest BCUT2D eigenvalue weighted by Gasteiger charge is -2.30. The van der Waals surface area contributed by atoms with Crippen LogP contribution in [0.5, 0.6) is 5.75 Å². The quantitative estimate of drug-likeness (QED) is 0.270. The Morgan fingerprint density at radius 2 is 1.86 bits per heavy atom. The average Bonchev–Trinajstić information content (AvgIpc) is 3.17. The number of hydrogen-bond donors (Lipinski definition) is 1. The van der Waals surface area contributed by atoms with E-state index in [1.807, 2.05) is 36.4 Å². The van der Waals surface area contributed by atoms with Crippen LogP contribution in [0.2, 0.25) is 0 Å². The van der Waals surface area contributed by atoms with Crippen LogP contribution in [-0.2, 0) is 16.1 Å². The number of nitrogens with one attached hydrogen (secondary N) is 1. The molecule has 1 saturated heterocycles. The van der Waals surface area contributed by atoms with Crippen LogP contribution in [0.4, 0.5) is 0 Å². The van der Waals surface area contributed by atoms with E-state index in [0.717, 1.165) is 21.3 Å².